The average molecular weight is 461 g/mol. The Morgan fingerprint density at radius 1 is 1.10 bits per heavy atom. The van der Waals surface area contributed by atoms with Crippen LogP contribution in [0, 0.1) is 0 Å². The number of carbonyl (C=O) groups excluding carboxylic acids is 2. The molecule has 2 aromatic carbocycles. The lowest BCUT2D eigenvalue weighted by atomic mass is 10.0. The summed E-state index contributed by atoms with van der Waals surface area (Å²) in [5, 5.41) is 4.43. The summed E-state index contributed by atoms with van der Waals surface area (Å²) in [6.07, 6.45) is 3.64. The van der Waals surface area contributed by atoms with E-state index < -0.39 is 6.04 Å². The number of carbonyl (C=O) groups is 2. The summed E-state index contributed by atoms with van der Waals surface area (Å²) in [6.45, 7) is 1.47. The Kier molecular flexibility index (Phi) is 5.69. The smallest absolute Gasteiger partial charge is 0.249 e. The van der Waals surface area contributed by atoms with E-state index in [0.717, 1.165) is 5.56 Å². The van der Waals surface area contributed by atoms with Gasteiger partial charge in [0.2, 0.25) is 11.8 Å². The van der Waals surface area contributed by atoms with Crippen LogP contribution in [-0.4, -0.2) is 28.1 Å². The SMILES string of the molecule is CC(=O)n1ccc(C2=NC(Cc3ccc(Cl)cc3Cl)C(=O)Nc3ccc(Cl)cc32)c1. The normalized spacial score (nSPS) is 15.8. The summed E-state index contributed by atoms with van der Waals surface area (Å²) in [5.41, 5.74) is 3.32. The van der Waals surface area contributed by atoms with Crippen molar-refractivity contribution in [3.8, 4) is 0 Å². The molecule has 152 valence electrons. The Bertz CT molecular complexity index is 1200. The van der Waals surface area contributed by atoms with E-state index in [-0.39, 0.29) is 11.8 Å². The third kappa shape index (κ3) is 4.15. The van der Waals surface area contributed by atoms with Crippen LogP contribution in [0.5, 0.6) is 0 Å². The molecule has 1 unspecified atom stereocenters. The van der Waals surface area contributed by atoms with Crippen LogP contribution in [0.15, 0.2) is 59.9 Å². The fourth-order valence-corrected chi connectivity index (χ4v) is 3.98. The molecule has 0 bridgehead atoms. The number of nitrogens with zero attached hydrogens (tertiary/aromatic N) is 2. The quantitative estimate of drug-likeness (QED) is 0.560. The minimum absolute atomic E-state index is 0.125. The number of benzene rings is 2. The number of halogens is 3. The summed E-state index contributed by atoms with van der Waals surface area (Å²) < 4.78 is 1.47. The van der Waals surface area contributed by atoms with Crippen molar-refractivity contribution in [3.63, 3.8) is 0 Å². The Morgan fingerprint density at radius 2 is 1.83 bits per heavy atom. The number of amides is 1. The van der Waals surface area contributed by atoms with Gasteiger partial charge in [-0.25, -0.2) is 0 Å². The van der Waals surface area contributed by atoms with Crippen molar-refractivity contribution in [2.45, 2.75) is 19.4 Å². The number of fused-ring (bicyclic) bond motifs is 1. The molecule has 1 atom stereocenters. The molecule has 0 aliphatic carbocycles. The minimum atomic E-state index is -0.731. The predicted molar refractivity (Wildman–Crippen MR) is 120 cm³/mol. The van der Waals surface area contributed by atoms with Crippen molar-refractivity contribution in [2.24, 2.45) is 4.99 Å². The molecular weight excluding hydrogens is 445 g/mol. The lowest BCUT2D eigenvalue weighted by Gasteiger charge is -2.12. The van der Waals surface area contributed by atoms with Gasteiger partial charge in [0.1, 0.15) is 6.04 Å². The molecule has 1 aromatic heterocycles. The van der Waals surface area contributed by atoms with Crippen LogP contribution in [0.25, 0.3) is 0 Å². The monoisotopic (exact) mass is 459 g/mol. The van der Waals surface area contributed by atoms with Crippen molar-refractivity contribution in [1.82, 2.24) is 4.57 Å². The maximum absolute atomic E-state index is 13.0. The molecule has 3 aromatic rings. The summed E-state index contributed by atoms with van der Waals surface area (Å²) >= 11 is 18.5. The fourth-order valence-electron chi connectivity index (χ4n) is 3.32. The molecule has 5 nitrogen and oxygen atoms in total. The molecule has 0 saturated carbocycles. The van der Waals surface area contributed by atoms with Gasteiger partial charge in [-0.15, -0.1) is 0 Å². The average Bonchev–Trinajstić information content (AvgIpc) is 3.14. The molecule has 8 heteroatoms. The Hall–Kier alpha value is -2.60. The van der Waals surface area contributed by atoms with Crippen molar-refractivity contribution >= 4 is 58.0 Å². The number of hydrogen-bond acceptors (Lipinski definition) is 3. The van der Waals surface area contributed by atoms with Crippen LogP contribution >= 0.6 is 34.8 Å². The van der Waals surface area contributed by atoms with Gasteiger partial charge < -0.3 is 5.32 Å². The Morgan fingerprint density at radius 3 is 2.53 bits per heavy atom. The lowest BCUT2D eigenvalue weighted by Crippen LogP contribution is -2.27. The van der Waals surface area contributed by atoms with Gasteiger partial charge in [0.15, 0.2) is 0 Å². The second kappa shape index (κ2) is 8.26. The van der Waals surface area contributed by atoms with Crippen molar-refractivity contribution in [2.75, 3.05) is 5.32 Å². The predicted octanol–water partition coefficient (Wildman–Crippen LogP) is 5.51. The zero-order chi connectivity index (χ0) is 21.4. The number of nitrogens with one attached hydrogen (secondary N) is 1. The van der Waals surface area contributed by atoms with E-state index in [1.165, 1.54) is 11.5 Å². The van der Waals surface area contributed by atoms with Gasteiger partial charge >= 0.3 is 0 Å². The lowest BCUT2D eigenvalue weighted by molar-refractivity contribution is -0.117. The molecule has 1 N–H and O–H groups in total. The van der Waals surface area contributed by atoms with E-state index in [0.29, 0.717) is 44.0 Å². The third-order valence-corrected chi connectivity index (χ3v) is 5.66. The first kappa shape index (κ1) is 20.7. The number of hydrogen-bond donors (Lipinski definition) is 1. The zero-order valence-electron chi connectivity index (χ0n) is 15.8. The van der Waals surface area contributed by atoms with E-state index in [4.69, 9.17) is 39.8 Å². The molecule has 1 aliphatic rings. The third-order valence-electron chi connectivity index (χ3n) is 4.84. The number of aliphatic imine (C=N–C) groups is 1. The molecule has 1 amide bonds. The number of aromatic nitrogens is 1. The van der Waals surface area contributed by atoms with Gasteiger partial charge in [-0.2, -0.15) is 0 Å². The van der Waals surface area contributed by atoms with Crippen LogP contribution < -0.4 is 5.32 Å². The molecule has 30 heavy (non-hydrogen) atoms. The van der Waals surface area contributed by atoms with Crippen LogP contribution in [0.3, 0.4) is 0 Å². The van der Waals surface area contributed by atoms with E-state index >= 15 is 0 Å². The first-order chi connectivity index (χ1) is 14.3. The molecule has 0 spiro atoms. The largest absolute Gasteiger partial charge is 0.324 e. The second-order valence-electron chi connectivity index (χ2n) is 6.94. The van der Waals surface area contributed by atoms with Crippen molar-refractivity contribution in [1.29, 1.82) is 0 Å². The molecule has 0 saturated heterocycles. The summed E-state index contributed by atoms with van der Waals surface area (Å²) in [5.74, 6) is -0.383. The van der Waals surface area contributed by atoms with Crippen LogP contribution in [-0.2, 0) is 11.2 Å². The molecular formula is C22H16Cl3N3O2. The maximum Gasteiger partial charge on any atom is 0.249 e. The molecule has 0 fully saturated rings. The molecule has 1 aliphatic heterocycles. The highest BCUT2D eigenvalue weighted by Gasteiger charge is 2.27. The van der Waals surface area contributed by atoms with E-state index in [9.17, 15) is 9.59 Å². The summed E-state index contributed by atoms with van der Waals surface area (Å²) in [6, 6.07) is 11.4. The van der Waals surface area contributed by atoms with Gasteiger partial charge in [0.25, 0.3) is 0 Å². The first-order valence-electron chi connectivity index (χ1n) is 9.13. The summed E-state index contributed by atoms with van der Waals surface area (Å²) in [7, 11) is 0. The highest BCUT2D eigenvalue weighted by Crippen LogP contribution is 2.29. The molecule has 2 heterocycles. The van der Waals surface area contributed by atoms with Crippen LogP contribution in [0.4, 0.5) is 5.69 Å². The van der Waals surface area contributed by atoms with E-state index in [1.807, 2.05) is 0 Å². The van der Waals surface area contributed by atoms with Gasteiger partial charge in [0.05, 0.1) is 11.4 Å². The highest BCUT2D eigenvalue weighted by atomic mass is 35.5. The topological polar surface area (TPSA) is 63.5 Å². The van der Waals surface area contributed by atoms with Gasteiger partial charge in [-0.3, -0.25) is 19.1 Å². The second-order valence-corrected chi connectivity index (χ2v) is 8.22. The van der Waals surface area contributed by atoms with E-state index in [1.54, 1.807) is 54.9 Å². The Balaban J connectivity index is 1.82. The van der Waals surface area contributed by atoms with Crippen molar-refractivity contribution < 1.29 is 9.59 Å². The van der Waals surface area contributed by atoms with Gasteiger partial charge in [0, 0.05) is 51.9 Å². The van der Waals surface area contributed by atoms with Crippen molar-refractivity contribution in [3.05, 3.63) is 86.6 Å². The number of rotatable bonds is 3. The van der Waals surface area contributed by atoms with E-state index in [2.05, 4.69) is 5.32 Å². The molecule has 0 radical (unpaired) electrons. The summed E-state index contributed by atoms with van der Waals surface area (Å²) in [4.78, 5) is 29.5. The number of benzodiazepines with no additional fused rings is 1. The Labute approximate surface area is 188 Å². The minimum Gasteiger partial charge on any atom is -0.324 e. The maximum atomic E-state index is 13.0. The van der Waals surface area contributed by atoms with Gasteiger partial charge in [-0.1, -0.05) is 40.9 Å². The fraction of sp³-hybridized carbons (Fsp3) is 0.136. The molecule has 4 rings (SSSR count). The van der Waals surface area contributed by atoms with Gasteiger partial charge in [-0.05, 0) is 42.0 Å². The standard InChI is InChI=1S/C22H16Cl3N3O2/c1-12(29)28-7-6-14(11-28)21-17-9-15(23)4-5-19(17)27-22(30)20(26-21)8-13-2-3-16(24)10-18(13)25/h2-7,9-11,20H,8H2,1H3,(H,27,30). The van der Waals surface area contributed by atoms with Crippen LogP contribution in [0.2, 0.25) is 15.1 Å². The number of anilines is 1. The van der Waals surface area contributed by atoms with Crippen LogP contribution in [0.1, 0.15) is 28.4 Å². The highest BCUT2D eigenvalue weighted by molar-refractivity contribution is 6.35. The zero-order valence-corrected chi connectivity index (χ0v) is 18.1. The first-order valence-corrected chi connectivity index (χ1v) is 10.3.